The molecule has 2 aliphatic carbocycles. The summed E-state index contributed by atoms with van der Waals surface area (Å²) < 4.78 is 0. The van der Waals surface area contributed by atoms with Crippen LogP contribution in [0, 0.1) is 34.5 Å². The molecule has 0 aromatic heterocycles. The zero-order valence-corrected chi connectivity index (χ0v) is 9.66. The monoisotopic (exact) mass is 195 g/mol. The quantitative estimate of drug-likeness (QED) is 0.620. The third-order valence-electron chi connectivity index (χ3n) is 5.04. The van der Waals surface area contributed by atoms with Crippen LogP contribution in [-0.4, -0.2) is 5.54 Å². The highest BCUT2D eigenvalue weighted by Gasteiger charge is 2.53. The molecule has 0 aromatic carbocycles. The van der Waals surface area contributed by atoms with Crippen LogP contribution in [0.1, 0.15) is 40.5 Å². The fraction of sp³-hybridized carbons (Fsp3) is 1.00. The molecule has 2 nitrogen and oxygen atoms in total. The second-order valence-corrected chi connectivity index (χ2v) is 5.97. The van der Waals surface area contributed by atoms with Gasteiger partial charge in [0, 0.05) is 0 Å². The molecule has 5 atom stereocenters. The molecule has 0 aliphatic heterocycles. The van der Waals surface area contributed by atoms with Crippen LogP contribution in [0.25, 0.3) is 0 Å². The molecule has 0 aromatic rings. The molecule has 0 N–H and O–H groups in total. The zero-order valence-electron chi connectivity index (χ0n) is 9.66. The molecule has 2 bridgehead atoms. The fourth-order valence-electron chi connectivity index (χ4n) is 3.82. The van der Waals surface area contributed by atoms with Gasteiger partial charge in [0.2, 0.25) is 0 Å². The van der Waals surface area contributed by atoms with Crippen LogP contribution >= 0.6 is 0 Å². The topological polar surface area (TPSA) is 29.4 Å². The maximum Gasteiger partial charge on any atom is 0.100 e. The average Bonchev–Trinajstić information content (AvgIpc) is 2.68. The molecule has 5 unspecified atom stereocenters. The van der Waals surface area contributed by atoms with Gasteiger partial charge in [0.25, 0.3) is 0 Å². The van der Waals surface area contributed by atoms with Crippen LogP contribution in [0.5, 0.6) is 0 Å². The molecule has 0 amide bonds. The van der Waals surface area contributed by atoms with Crippen LogP contribution in [0.15, 0.2) is 5.18 Å². The second kappa shape index (κ2) is 3.04. The van der Waals surface area contributed by atoms with E-state index in [9.17, 15) is 4.91 Å². The lowest BCUT2D eigenvalue weighted by Gasteiger charge is -2.37. The van der Waals surface area contributed by atoms with Crippen LogP contribution in [0.4, 0.5) is 0 Å². The third-order valence-corrected chi connectivity index (χ3v) is 5.04. The third kappa shape index (κ3) is 1.23. The summed E-state index contributed by atoms with van der Waals surface area (Å²) in [6.45, 7) is 8.72. The highest BCUT2D eigenvalue weighted by atomic mass is 16.3. The Kier molecular flexibility index (Phi) is 2.20. The van der Waals surface area contributed by atoms with Gasteiger partial charge >= 0.3 is 0 Å². The van der Waals surface area contributed by atoms with Gasteiger partial charge in [0.15, 0.2) is 0 Å². The van der Waals surface area contributed by atoms with Gasteiger partial charge in [-0.15, -0.1) is 0 Å². The van der Waals surface area contributed by atoms with E-state index in [1.54, 1.807) is 0 Å². The number of hydrogen-bond acceptors (Lipinski definition) is 2. The van der Waals surface area contributed by atoms with Crippen molar-refractivity contribution >= 4 is 0 Å². The minimum Gasteiger partial charge on any atom is -0.150 e. The van der Waals surface area contributed by atoms with Crippen LogP contribution < -0.4 is 0 Å². The minimum absolute atomic E-state index is 0.339. The van der Waals surface area contributed by atoms with Crippen molar-refractivity contribution in [2.45, 2.75) is 46.1 Å². The van der Waals surface area contributed by atoms with Crippen molar-refractivity contribution in [2.75, 3.05) is 0 Å². The van der Waals surface area contributed by atoms with E-state index in [2.05, 4.69) is 19.0 Å². The Bertz CT molecular complexity index is 247. The number of nitrogens with zero attached hydrogens (tertiary/aromatic N) is 1. The van der Waals surface area contributed by atoms with E-state index in [0.717, 1.165) is 23.7 Å². The van der Waals surface area contributed by atoms with Crippen molar-refractivity contribution in [3.63, 3.8) is 0 Å². The molecule has 2 fully saturated rings. The summed E-state index contributed by atoms with van der Waals surface area (Å²) in [5.41, 5.74) is -0.339. The lowest BCUT2D eigenvalue weighted by molar-refractivity contribution is 0.134. The van der Waals surface area contributed by atoms with Gasteiger partial charge in [-0.05, 0) is 56.3 Å². The Balaban J connectivity index is 2.17. The average molecular weight is 195 g/mol. The molecule has 0 spiro atoms. The van der Waals surface area contributed by atoms with Gasteiger partial charge < -0.3 is 0 Å². The number of fused-ring (bicyclic) bond motifs is 2. The van der Waals surface area contributed by atoms with E-state index in [-0.39, 0.29) is 5.54 Å². The van der Waals surface area contributed by atoms with Crippen LogP contribution in [0.2, 0.25) is 0 Å². The maximum absolute atomic E-state index is 10.8. The lowest BCUT2D eigenvalue weighted by atomic mass is 9.69. The predicted octanol–water partition coefficient (Wildman–Crippen LogP) is 3.46. The Labute approximate surface area is 86.4 Å². The number of rotatable bonds is 2. The van der Waals surface area contributed by atoms with Gasteiger partial charge in [-0.25, -0.2) is 0 Å². The molecule has 2 rings (SSSR count). The first kappa shape index (κ1) is 10.1. The van der Waals surface area contributed by atoms with Crippen LogP contribution in [-0.2, 0) is 0 Å². The van der Waals surface area contributed by atoms with E-state index < -0.39 is 0 Å². The van der Waals surface area contributed by atoms with Gasteiger partial charge in [0.1, 0.15) is 5.54 Å². The maximum atomic E-state index is 10.8. The zero-order chi connectivity index (χ0) is 10.5. The fourth-order valence-corrected chi connectivity index (χ4v) is 3.82. The molecule has 14 heavy (non-hydrogen) atoms. The van der Waals surface area contributed by atoms with E-state index in [1.807, 2.05) is 13.8 Å². The highest BCUT2D eigenvalue weighted by Crippen LogP contribution is 2.58. The minimum atomic E-state index is -0.339. The Hall–Kier alpha value is -0.400. The molecule has 2 aliphatic rings. The molecule has 0 heterocycles. The Morgan fingerprint density at radius 2 is 1.79 bits per heavy atom. The van der Waals surface area contributed by atoms with Gasteiger partial charge in [-0.1, -0.05) is 19.0 Å². The van der Waals surface area contributed by atoms with Crippen molar-refractivity contribution in [1.29, 1.82) is 0 Å². The SMILES string of the molecule is CC1C2CC(C1C)C(C(C)(C)N=O)C2. The van der Waals surface area contributed by atoms with Gasteiger partial charge in [0.05, 0.1) is 0 Å². The molecule has 2 saturated carbocycles. The summed E-state index contributed by atoms with van der Waals surface area (Å²) in [5.74, 6) is 3.80. The molecular weight excluding hydrogens is 174 g/mol. The van der Waals surface area contributed by atoms with E-state index in [1.165, 1.54) is 12.8 Å². The molecule has 2 heteroatoms. The molecular formula is C12H21NO. The van der Waals surface area contributed by atoms with Crippen molar-refractivity contribution in [2.24, 2.45) is 34.8 Å². The van der Waals surface area contributed by atoms with Gasteiger partial charge in [-0.2, -0.15) is 4.91 Å². The van der Waals surface area contributed by atoms with Crippen molar-refractivity contribution in [3.8, 4) is 0 Å². The summed E-state index contributed by atoms with van der Waals surface area (Å²) in [7, 11) is 0. The van der Waals surface area contributed by atoms with Crippen molar-refractivity contribution < 1.29 is 0 Å². The molecule has 0 radical (unpaired) electrons. The summed E-state index contributed by atoms with van der Waals surface area (Å²) in [5, 5.41) is 3.33. The molecule has 80 valence electrons. The van der Waals surface area contributed by atoms with Crippen molar-refractivity contribution in [1.82, 2.24) is 0 Å². The first-order chi connectivity index (χ1) is 6.47. The number of nitroso groups, excluding NO2 is 1. The normalized spacial score (nSPS) is 47.0. The van der Waals surface area contributed by atoms with E-state index >= 15 is 0 Å². The smallest absolute Gasteiger partial charge is 0.100 e. The first-order valence-electron chi connectivity index (χ1n) is 5.82. The number of hydrogen-bond donors (Lipinski definition) is 0. The Morgan fingerprint density at radius 1 is 1.14 bits per heavy atom. The van der Waals surface area contributed by atoms with Crippen molar-refractivity contribution in [3.05, 3.63) is 4.91 Å². The standard InChI is InChI=1S/C12H21NO/c1-7-8(2)10-5-9(7)6-11(10)12(3,4)13-14/h7-11H,5-6H2,1-4H3. The highest BCUT2D eigenvalue weighted by molar-refractivity contribution is 5.04. The van der Waals surface area contributed by atoms with E-state index in [0.29, 0.717) is 5.92 Å². The molecule has 0 saturated heterocycles. The van der Waals surface area contributed by atoms with E-state index in [4.69, 9.17) is 0 Å². The predicted molar refractivity (Wildman–Crippen MR) is 57.9 cm³/mol. The second-order valence-electron chi connectivity index (χ2n) is 5.97. The first-order valence-corrected chi connectivity index (χ1v) is 5.82. The van der Waals surface area contributed by atoms with Crippen LogP contribution in [0.3, 0.4) is 0 Å². The summed E-state index contributed by atoms with van der Waals surface area (Å²) in [4.78, 5) is 10.8. The largest absolute Gasteiger partial charge is 0.150 e. The summed E-state index contributed by atoms with van der Waals surface area (Å²) >= 11 is 0. The summed E-state index contributed by atoms with van der Waals surface area (Å²) in [6.07, 6.45) is 2.57. The Morgan fingerprint density at radius 3 is 2.21 bits per heavy atom. The van der Waals surface area contributed by atoms with Gasteiger partial charge in [-0.3, -0.25) is 0 Å². The lowest BCUT2D eigenvalue weighted by Crippen LogP contribution is -2.37. The summed E-state index contributed by atoms with van der Waals surface area (Å²) in [6, 6.07) is 0.